The third-order valence-corrected chi connectivity index (χ3v) is 2.46. The molecule has 2 aromatic rings. The molecule has 2 aromatic carbocycles. The Morgan fingerprint density at radius 1 is 1.11 bits per heavy atom. The summed E-state index contributed by atoms with van der Waals surface area (Å²) in [7, 11) is 0. The maximum atomic E-state index is 12.0. The quantitative estimate of drug-likeness (QED) is 0.622. The highest BCUT2D eigenvalue weighted by molar-refractivity contribution is 5.94. The number of para-hydroxylation sites is 1. The van der Waals surface area contributed by atoms with Crippen LogP contribution in [0.5, 0.6) is 11.5 Å². The topological polar surface area (TPSA) is 52.6 Å². The van der Waals surface area contributed by atoms with Crippen LogP contribution in [-0.4, -0.2) is 12.4 Å². The third kappa shape index (κ3) is 3.19. The highest BCUT2D eigenvalue weighted by Gasteiger charge is 2.15. The van der Waals surface area contributed by atoms with Crippen molar-refractivity contribution in [3.8, 4) is 11.5 Å². The molecule has 0 aliphatic heterocycles. The van der Waals surface area contributed by atoms with Crippen LogP contribution >= 0.6 is 0 Å². The molecule has 0 atom stereocenters. The Bertz CT molecular complexity index is 590. The van der Waals surface area contributed by atoms with Crippen molar-refractivity contribution in [2.24, 2.45) is 0 Å². The maximum absolute atomic E-state index is 12.0. The summed E-state index contributed by atoms with van der Waals surface area (Å²) >= 11 is 0. The van der Waals surface area contributed by atoms with Crippen LogP contribution in [0.15, 0.2) is 48.5 Å². The Hall–Kier alpha value is -2.62. The van der Waals surface area contributed by atoms with Crippen molar-refractivity contribution in [1.29, 1.82) is 0 Å². The average molecular weight is 255 g/mol. The number of benzene rings is 2. The Labute approximate surface area is 110 Å². The molecule has 0 amide bonds. The molecule has 19 heavy (non-hydrogen) atoms. The second-order valence-corrected chi connectivity index (χ2v) is 3.89. The molecular weight excluding hydrogens is 244 g/mol. The summed E-state index contributed by atoms with van der Waals surface area (Å²) in [5, 5.41) is 0. The van der Waals surface area contributed by atoms with Crippen LogP contribution < -0.4 is 9.47 Å². The van der Waals surface area contributed by atoms with Gasteiger partial charge in [-0.1, -0.05) is 24.3 Å². The molecular formula is C15H11O4. The lowest BCUT2D eigenvalue weighted by atomic mass is 10.1. The lowest BCUT2D eigenvalue weighted by Gasteiger charge is -2.08. The van der Waals surface area contributed by atoms with Crippen molar-refractivity contribution < 1.29 is 19.1 Å². The van der Waals surface area contributed by atoms with Crippen LogP contribution in [0.2, 0.25) is 0 Å². The zero-order valence-electron chi connectivity index (χ0n) is 10.3. The van der Waals surface area contributed by atoms with Crippen molar-refractivity contribution in [1.82, 2.24) is 0 Å². The van der Waals surface area contributed by atoms with Gasteiger partial charge in [0.05, 0.1) is 0 Å². The minimum atomic E-state index is -0.583. The van der Waals surface area contributed by atoms with Gasteiger partial charge >= 0.3 is 12.4 Å². The molecule has 95 valence electrons. The molecule has 2 rings (SSSR count). The average Bonchev–Trinajstić information content (AvgIpc) is 2.42. The van der Waals surface area contributed by atoms with Gasteiger partial charge in [0, 0.05) is 0 Å². The van der Waals surface area contributed by atoms with Gasteiger partial charge in [-0.05, 0) is 36.8 Å². The number of carbonyl (C=O) groups excluding carboxylic acids is 2. The van der Waals surface area contributed by atoms with Crippen LogP contribution in [0.4, 0.5) is 0 Å². The van der Waals surface area contributed by atoms with Crippen LogP contribution in [0, 0.1) is 6.92 Å². The van der Waals surface area contributed by atoms with Crippen molar-refractivity contribution in [3.05, 3.63) is 59.7 Å². The molecule has 0 heterocycles. The molecule has 1 radical (unpaired) electrons. The standard InChI is InChI=1S/C15H11O4/c1-11-7-8-14(18-10-16)13(9-11)15(17)19-12-5-3-2-4-6-12/h2-9H,1H3. The molecule has 0 aromatic heterocycles. The number of hydrogen-bond donors (Lipinski definition) is 0. The fraction of sp³-hybridized carbons (Fsp3) is 0.0667. The van der Waals surface area contributed by atoms with E-state index in [1.54, 1.807) is 36.4 Å². The molecule has 0 saturated heterocycles. The number of hydrogen-bond acceptors (Lipinski definition) is 4. The van der Waals surface area contributed by atoms with E-state index in [-0.39, 0.29) is 11.3 Å². The number of aryl methyl sites for hydroxylation is 1. The van der Waals surface area contributed by atoms with E-state index in [0.717, 1.165) is 5.56 Å². The normalized spacial score (nSPS) is 9.74. The molecule has 4 heteroatoms. The molecule has 0 unspecified atom stereocenters. The Morgan fingerprint density at radius 3 is 2.53 bits per heavy atom. The van der Waals surface area contributed by atoms with Gasteiger partial charge in [0.15, 0.2) is 0 Å². The maximum Gasteiger partial charge on any atom is 0.423 e. The second kappa shape index (κ2) is 5.82. The van der Waals surface area contributed by atoms with E-state index in [0.29, 0.717) is 5.75 Å². The Kier molecular flexibility index (Phi) is 3.93. The number of carbonyl (C=O) groups is 1. The van der Waals surface area contributed by atoms with Crippen LogP contribution in [0.1, 0.15) is 15.9 Å². The second-order valence-electron chi connectivity index (χ2n) is 3.89. The van der Waals surface area contributed by atoms with Crippen LogP contribution in [0.3, 0.4) is 0 Å². The van der Waals surface area contributed by atoms with Gasteiger partial charge in [-0.3, -0.25) is 0 Å². The molecule has 0 saturated carbocycles. The fourth-order valence-electron chi connectivity index (χ4n) is 1.59. The van der Waals surface area contributed by atoms with Crippen molar-refractivity contribution >= 4 is 12.4 Å². The first kappa shape index (κ1) is 12.8. The summed E-state index contributed by atoms with van der Waals surface area (Å²) in [6.07, 6.45) is 0. The predicted molar refractivity (Wildman–Crippen MR) is 68.9 cm³/mol. The van der Waals surface area contributed by atoms with Gasteiger partial charge in [-0.25, -0.2) is 9.59 Å². The van der Waals surface area contributed by atoms with E-state index in [1.807, 2.05) is 13.0 Å². The number of esters is 1. The lowest BCUT2D eigenvalue weighted by molar-refractivity contribution is 0.0732. The fourth-order valence-corrected chi connectivity index (χ4v) is 1.59. The molecule has 4 nitrogen and oxygen atoms in total. The summed E-state index contributed by atoms with van der Waals surface area (Å²) in [5.74, 6) is -0.0308. The van der Waals surface area contributed by atoms with Crippen molar-refractivity contribution in [2.45, 2.75) is 6.92 Å². The summed E-state index contributed by atoms with van der Waals surface area (Å²) in [6, 6.07) is 13.5. The molecule has 0 aliphatic rings. The zero-order valence-corrected chi connectivity index (χ0v) is 10.3. The number of ether oxygens (including phenoxy) is 2. The molecule has 0 fully saturated rings. The Balaban J connectivity index is 2.27. The van der Waals surface area contributed by atoms with E-state index >= 15 is 0 Å². The highest BCUT2D eigenvalue weighted by Crippen LogP contribution is 2.22. The molecule has 0 aliphatic carbocycles. The highest BCUT2D eigenvalue weighted by atomic mass is 16.5. The van der Waals surface area contributed by atoms with Crippen molar-refractivity contribution in [2.75, 3.05) is 0 Å². The smallest absolute Gasteiger partial charge is 0.423 e. The van der Waals surface area contributed by atoms with E-state index in [4.69, 9.17) is 4.74 Å². The summed E-state index contributed by atoms with van der Waals surface area (Å²) in [6.45, 7) is 3.13. The molecule has 0 spiro atoms. The van der Waals surface area contributed by atoms with E-state index < -0.39 is 5.97 Å². The molecule has 0 N–H and O–H groups in total. The van der Waals surface area contributed by atoms with Gasteiger partial charge in [0.2, 0.25) is 0 Å². The minimum absolute atomic E-state index is 0.126. The van der Waals surface area contributed by atoms with Gasteiger partial charge < -0.3 is 9.47 Å². The Morgan fingerprint density at radius 2 is 1.84 bits per heavy atom. The number of rotatable bonds is 4. The first-order chi connectivity index (χ1) is 9.20. The third-order valence-electron chi connectivity index (χ3n) is 2.46. The van der Waals surface area contributed by atoms with Crippen LogP contribution in [-0.2, 0) is 4.79 Å². The van der Waals surface area contributed by atoms with E-state index in [2.05, 4.69) is 4.74 Å². The van der Waals surface area contributed by atoms with Gasteiger partial charge in [0.1, 0.15) is 17.1 Å². The van der Waals surface area contributed by atoms with E-state index in [1.165, 1.54) is 12.5 Å². The summed E-state index contributed by atoms with van der Waals surface area (Å²) in [4.78, 5) is 22.3. The largest absolute Gasteiger partial charge is 0.423 e. The van der Waals surface area contributed by atoms with Gasteiger partial charge in [0.25, 0.3) is 0 Å². The van der Waals surface area contributed by atoms with Crippen LogP contribution in [0.25, 0.3) is 0 Å². The SMILES string of the molecule is Cc1ccc(O[C]=O)c(C(=O)Oc2ccccc2)c1. The summed E-state index contributed by atoms with van der Waals surface area (Å²) in [5.41, 5.74) is 1.05. The zero-order chi connectivity index (χ0) is 13.7. The lowest BCUT2D eigenvalue weighted by Crippen LogP contribution is -2.10. The van der Waals surface area contributed by atoms with Gasteiger partial charge in [-0.2, -0.15) is 0 Å². The first-order valence-electron chi connectivity index (χ1n) is 5.62. The summed E-state index contributed by atoms with van der Waals surface area (Å²) < 4.78 is 9.84. The van der Waals surface area contributed by atoms with E-state index in [9.17, 15) is 9.59 Å². The van der Waals surface area contributed by atoms with Crippen molar-refractivity contribution in [3.63, 3.8) is 0 Å². The first-order valence-corrected chi connectivity index (χ1v) is 5.62. The molecule has 0 bridgehead atoms. The predicted octanol–water partition coefficient (Wildman–Crippen LogP) is 2.66. The van der Waals surface area contributed by atoms with Gasteiger partial charge in [-0.15, -0.1) is 0 Å². The minimum Gasteiger partial charge on any atom is -0.423 e. The monoisotopic (exact) mass is 255 g/mol.